The molecular formula is C26H26P2. The van der Waals surface area contributed by atoms with Gasteiger partial charge in [-0.05, 0) is 46.2 Å². The van der Waals surface area contributed by atoms with Crippen molar-refractivity contribution in [2.45, 2.75) is 13.8 Å². The lowest BCUT2D eigenvalue weighted by Gasteiger charge is -2.16. The molecule has 0 aliphatic heterocycles. The van der Waals surface area contributed by atoms with E-state index in [0.717, 1.165) is 5.57 Å². The van der Waals surface area contributed by atoms with Crippen molar-refractivity contribution in [1.29, 1.82) is 0 Å². The average Bonchev–Trinajstić information content (AvgIpc) is 2.69. The van der Waals surface area contributed by atoms with Crippen LogP contribution in [0.5, 0.6) is 0 Å². The highest BCUT2D eigenvalue weighted by Crippen LogP contribution is 2.36. The molecule has 0 radical (unpaired) electrons. The Hall–Kier alpha value is -2.26. The highest BCUT2D eigenvalue weighted by Gasteiger charge is 2.12. The molecule has 0 fully saturated rings. The van der Waals surface area contributed by atoms with Gasteiger partial charge in [-0.2, -0.15) is 0 Å². The minimum Gasteiger partial charge on any atom is -0.0961 e. The van der Waals surface area contributed by atoms with Crippen LogP contribution in [-0.4, -0.2) is 0 Å². The van der Waals surface area contributed by atoms with Crippen LogP contribution in [0.15, 0.2) is 109 Å². The number of hydrogen-bond donors (Lipinski definition) is 0. The van der Waals surface area contributed by atoms with Crippen molar-refractivity contribution in [3.05, 3.63) is 120 Å². The Morgan fingerprint density at radius 1 is 0.821 bits per heavy atom. The van der Waals surface area contributed by atoms with Gasteiger partial charge in [0.05, 0.1) is 0 Å². The van der Waals surface area contributed by atoms with Crippen molar-refractivity contribution in [1.82, 2.24) is 0 Å². The highest BCUT2D eigenvalue weighted by molar-refractivity contribution is 7.59. The molecule has 0 spiro atoms. The van der Waals surface area contributed by atoms with Crippen LogP contribution in [0.2, 0.25) is 0 Å². The number of hydrogen-bond acceptors (Lipinski definition) is 0. The summed E-state index contributed by atoms with van der Waals surface area (Å²) in [5.74, 6) is 0. The normalized spacial score (nSPS) is 12.6. The molecule has 0 nitrogen and oxygen atoms in total. The zero-order valence-corrected chi connectivity index (χ0v) is 18.4. The van der Waals surface area contributed by atoms with Crippen LogP contribution >= 0.6 is 17.2 Å². The molecule has 0 aliphatic carbocycles. The summed E-state index contributed by atoms with van der Waals surface area (Å²) >= 11 is 0. The fourth-order valence-electron chi connectivity index (χ4n) is 2.98. The molecule has 3 aromatic rings. The van der Waals surface area contributed by atoms with Gasteiger partial charge in [0.25, 0.3) is 0 Å². The Balaban J connectivity index is 2.04. The topological polar surface area (TPSA) is 0 Å². The number of allylic oxidation sites excluding steroid dienone is 4. The second-order valence-corrected chi connectivity index (χ2v) is 9.50. The molecule has 28 heavy (non-hydrogen) atoms. The molecule has 0 aliphatic rings. The summed E-state index contributed by atoms with van der Waals surface area (Å²) in [6.45, 7) is 8.24. The zero-order chi connectivity index (χ0) is 19.8. The Kier molecular flexibility index (Phi) is 7.55. The van der Waals surface area contributed by atoms with Gasteiger partial charge in [-0.1, -0.05) is 126 Å². The van der Waals surface area contributed by atoms with Gasteiger partial charge in [-0.25, -0.2) is 0 Å². The van der Waals surface area contributed by atoms with E-state index in [2.05, 4.69) is 111 Å². The van der Waals surface area contributed by atoms with E-state index in [0.29, 0.717) is 17.2 Å². The number of rotatable bonds is 7. The summed E-state index contributed by atoms with van der Waals surface area (Å²) in [7, 11) is 1.26. The molecule has 140 valence electrons. The van der Waals surface area contributed by atoms with E-state index < -0.39 is 0 Å². The molecule has 0 aromatic heterocycles. The minimum atomic E-state index is 0.615. The lowest BCUT2D eigenvalue weighted by Crippen LogP contribution is -2.10. The highest BCUT2D eigenvalue weighted by atomic mass is 31.1. The zero-order valence-electron chi connectivity index (χ0n) is 16.4. The van der Waals surface area contributed by atoms with E-state index in [1.54, 1.807) is 0 Å². The first-order valence-electron chi connectivity index (χ1n) is 9.41. The number of aryl methyl sites for hydroxylation is 1. The third-order valence-electron chi connectivity index (χ3n) is 4.29. The predicted octanol–water partition coefficient (Wildman–Crippen LogP) is 6.10. The summed E-state index contributed by atoms with van der Waals surface area (Å²) in [6.07, 6.45) is 6.48. The van der Waals surface area contributed by atoms with E-state index in [1.165, 1.54) is 32.4 Å². The van der Waals surface area contributed by atoms with Crippen LogP contribution in [0.25, 0.3) is 5.31 Å². The molecular weight excluding hydrogens is 374 g/mol. The summed E-state index contributed by atoms with van der Waals surface area (Å²) in [4.78, 5) is 0. The van der Waals surface area contributed by atoms with Gasteiger partial charge in [-0.3, -0.25) is 0 Å². The van der Waals surface area contributed by atoms with Crippen LogP contribution in [0.3, 0.4) is 0 Å². The van der Waals surface area contributed by atoms with Crippen LogP contribution in [0.4, 0.5) is 0 Å². The molecule has 2 atom stereocenters. The van der Waals surface area contributed by atoms with Crippen molar-refractivity contribution >= 4 is 38.4 Å². The molecule has 0 N–H and O–H groups in total. The predicted molar refractivity (Wildman–Crippen MR) is 132 cm³/mol. The monoisotopic (exact) mass is 400 g/mol. The average molecular weight is 400 g/mol. The first-order chi connectivity index (χ1) is 13.6. The van der Waals surface area contributed by atoms with E-state index >= 15 is 0 Å². The van der Waals surface area contributed by atoms with E-state index in [4.69, 9.17) is 0 Å². The standard InChI is InChI=1S/C26H26P2/c1-20(2)12-10-18-24(27-22-14-6-4-7-15-22)26-21(3)13-11-19-25(26)28-23-16-8-5-9-17-23/h4-19,27-28H,1H2,2-3H3/b12-10-,24-18+. The van der Waals surface area contributed by atoms with Gasteiger partial charge < -0.3 is 0 Å². The van der Waals surface area contributed by atoms with Crippen LogP contribution < -0.4 is 15.9 Å². The number of benzene rings is 3. The lowest BCUT2D eigenvalue weighted by atomic mass is 10.1. The summed E-state index contributed by atoms with van der Waals surface area (Å²) in [6, 6.07) is 28.2. The smallest absolute Gasteiger partial charge is 0.00719 e. The summed E-state index contributed by atoms with van der Waals surface area (Å²) in [5.41, 5.74) is 3.78. The molecule has 3 aromatic carbocycles. The van der Waals surface area contributed by atoms with E-state index in [1.807, 2.05) is 6.92 Å². The Bertz CT molecular complexity index is 983. The van der Waals surface area contributed by atoms with Crippen molar-refractivity contribution in [2.24, 2.45) is 0 Å². The molecule has 0 saturated carbocycles. The Morgan fingerprint density at radius 3 is 2.11 bits per heavy atom. The van der Waals surface area contributed by atoms with Gasteiger partial charge >= 0.3 is 0 Å². The molecule has 2 heteroatoms. The fraction of sp³-hybridized carbons (Fsp3) is 0.0769. The first kappa shape index (κ1) is 20.5. The molecule has 0 saturated heterocycles. The third kappa shape index (κ3) is 5.87. The van der Waals surface area contributed by atoms with Crippen molar-refractivity contribution in [2.75, 3.05) is 0 Å². The Labute approximate surface area is 172 Å². The SMILES string of the molecule is C=C(C)/C=C\C=C(\Pc1ccccc1)c1c(C)cccc1Pc1ccccc1. The van der Waals surface area contributed by atoms with Gasteiger partial charge in [0.1, 0.15) is 0 Å². The van der Waals surface area contributed by atoms with Gasteiger partial charge in [0.2, 0.25) is 0 Å². The van der Waals surface area contributed by atoms with Crippen molar-refractivity contribution in [3.8, 4) is 0 Å². The fourth-order valence-corrected chi connectivity index (χ4v) is 5.72. The van der Waals surface area contributed by atoms with Crippen molar-refractivity contribution in [3.63, 3.8) is 0 Å². The van der Waals surface area contributed by atoms with Crippen LogP contribution in [0.1, 0.15) is 18.1 Å². The second kappa shape index (κ2) is 10.3. The quantitative estimate of drug-likeness (QED) is 0.332. The maximum Gasteiger partial charge on any atom is -0.00719 e. The first-order valence-corrected chi connectivity index (χ1v) is 11.4. The maximum absolute atomic E-state index is 3.99. The van der Waals surface area contributed by atoms with Gasteiger partial charge in [-0.15, -0.1) is 0 Å². The van der Waals surface area contributed by atoms with Gasteiger partial charge in [0.15, 0.2) is 0 Å². The van der Waals surface area contributed by atoms with E-state index in [-0.39, 0.29) is 0 Å². The van der Waals surface area contributed by atoms with Crippen LogP contribution in [-0.2, 0) is 0 Å². The lowest BCUT2D eigenvalue weighted by molar-refractivity contribution is 1.46. The summed E-state index contributed by atoms with van der Waals surface area (Å²) in [5, 5.41) is 5.51. The molecule has 0 heterocycles. The molecule has 0 amide bonds. The molecule has 0 bridgehead atoms. The van der Waals surface area contributed by atoms with Gasteiger partial charge in [0, 0.05) is 0 Å². The van der Waals surface area contributed by atoms with E-state index in [9.17, 15) is 0 Å². The molecule has 3 rings (SSSR count). The second-order valence-electron chi connectivity index (χ2n) is 6.77. The maximum atomic E-state index is 3.99. The molecule has 2 unspecified atom stereocenters. The van der Waals surface area contributed by atoms with Crippen molar-refractivity contribution < 1.29 is 0 Å². The minimum absolute atomic E-state index is 0.615. The van der Waals surface area contributed by atoms with Crippen LogP contribution in [0, 0.1) is 6.92 Å². The Morgan fingerprint density at radius 2 is 1.46 bits per heavy atom. The largest absolute Gasteiger partial charge is 0.0961 e. The summed E-state index contributed by atoms with van der Waals surface area (Å²) < 4.78 is 0. The third-order valence-corrected chi connectivity index (χ3v) is 6.91.